The van der Waals surface area contributed by atoms with E-state index in [0.717, 1.165) is 5.69 Å². The van der Waals surface area contributed by atoms with Gasteiger partial charge in [0.2, 0.25) is 0 Å². The Morgan fingerprint density at radius 3 is 2.76 bits per heavy atom. The lowest BCUT2D eigenvalue weighted by molar-refractivity contribution is 0.307. The largest absolute Gasteiger partial charge is 0.394 e. The zero-order valence-electron chi connectivity index (χ0n) is 10.2. The zero-order chi connectivity index (χ0) is 12.0. The lowest BCUT2D eigenvalue weighted by Crippen LogP contribution is -2.23. The quantitative estimate of drug-likeness (QED) is 0.443. The Morgan fingerprint density at radius 1 is 1.47 bits per heavy atom. The van der Waals surface area contributed by atoms with Crippen molar-refractivity contribution in [2.24, 2.45) is 10.7 Å². The highest BCUT2D eigenvalue weighted by Gasteiger charge is 2.00. The number of hydrogen-bond acceptors (Lipinski definition) is 2. The number of guanidine groups is 1. The van der Waals surface area contributed by atoms with Crippen LogP contribution in [0.5, 0.6) is 0 Å². The van der Waals surface area contributed by atoms with Gasteiger partial charge < -0.3 is 16.2 Å². The third-order valence-electron chi connectivity index (χ3n) is 2.21. The maximum absolute atomic E-state index is 8.61. The van der Waals surface area contributed by atoms with Crippen LogP contribution in [-0.2, 0) is 0 Å². The first-order valence-electron chi connectivity index (χ1n) is 5.41. The van der Waals surface area contributed by atoms with E-state index in [9.17, 15) is 0 Å². The van der Waals surface area contributed by atoms with Gasteiger partial charge in [0.05, 0.1) is 13.2 Å². The van der Waals surface area contributed by atoms with Gasteiger partial charge >= 0.3 is 0 Å². The molecule has 0 saturated carbocycles. The Labute approximate surface area is 119 Å². The van der Waals surface area contributed by atoms with Crippen molar-refractivity contribution in [3.8, 4) is 0 Å². The van der Waals surface area contributed by atoms with E-state index in [0.29, 0.717) is 18.4 Å². The minimum Gasteiger partial charge on any atom is -0.394 e. The van der Waals surface area contributed by atoms with Crippen molar-refractivity contribution in [1.29, 1.82) is 0 Å². The van der Waals surface area contributed by atoms with Crippen molar-refractivity contribution in [1.82, 2.24) is 0 Å². The molecule has 0 spiro atoms. The summed E-state index contributed by atoms with van der Waals surface area (Å²) in [6, 6.07) is 8.05. The highest BCUT2D eigenvalue weighted by Crippen LogP contribution is 2.18. The molecule has 1 aromatic rings. The molecular formula is C12H20IN3O. The van der Waals surface area contributed by atoms with Crippen LogP contribution in [0.15, 0.2) is 29.3 Å². The predicted molar refractivity (Wildman–Crippen MR) is 83.1 cm³/mol. The van der Waals surface area contributed by atoms with E-state index >= 15 is 0 Å². The second kappa shape index (κ2) is 8.30. The van der Waals surface area contributed by atoms with Gasteiger partial charge in [0.1, 0.15) is 0 Å². The summed E-state index contributed by atoms with van der Waals surface area (Å²) in [4.78, 5) is 3.95. The zero-order valence-corrected chi connectivity index (χ0v) is 12.5. The lowest BCUT2D eigenvalue weighted by atomic mass is 10.0. The second-order valence-electron chi connectivity index (χ2n) is 3.90. The number of nitrogens with zero attached hydrogens (tertiary/aromatic N) is 1. The Kier molecular flexibility index (Phi) is 7.90. The van der Waals surface area contributed by atoms with Crippen LogP contribution in [0.25, 0.3) is 0 Å². The first kappa shape index (κ1) is 16.2. The minimum atomic E-state index is 0. The first-order valence-corrected chi connectivity index (χ1v) is 5.41. The van der Waals surface area contributed by atoms with Gasteiger partial charge in [-0.1, -0.05) is 26.0 Å². The fourth-order valence-electron chi connectivity index (χ4n) is 1.33. The fraction of sp³-hybridized carbons (Fsp3) is 0.417. The molecule has 5 heteroatoms. The van der Waals surface area contributed by atoms with Crippen molar-refractivity contribution in [3.05, 3.63) is 29.8 Å². The van der Waals surface area contributed by atoms with Gasteiger partial charge in [-0.2, -0.15) is 0 Å². The molecule has 0 heterocycles. The monoisotopic (exact) mass is 349 g/mol. The molecule has 0 saturated heterocycles. The number of benzene rings is 1. The van der Waals surface area contributed by atoms with E-state index in [-0.39, 0.29) is 30.6 Å². The molecule has 0 aromatic heterocycles. The van der Waals surface area contributed by atoms with E-state index in [4.69, 9.17) is 10.8 Å². The van der Waals surface area contributed by atoms with Crippen LogP contribution in [0, 0.1) is 0 Å². The highest BCUT2D eigenvalue weighted by atomic mass is 127. The molecule has 0 unspecified atom stereocenters. The molecule has 4 nitrogen and oxygen atoms in total. The molecule has 0 aliphatic rings. The topological polar surface area (TPSA) is 70.6 Å². The molecule has 4 N–H and O–H groups in total. The molecule has 0 fully saturated rings. The molecule has 0 radical (unpaired) electrons. The summed E-state index contributed by atoms with van der Waals surface area (Å²) in [7, 11) is 0. The van der Waals surface area contributed by atoms with Crippen molar-refractivity contribution in [2.45, 2.75) is 19.8 Å². The first-order chi connectivity index (χ1) is 7.63. The van der Waals surface area contributed by atoms with E-state index in [1.54, 1.807) is 0 Å². The Morgan fingerprint density at radius 2 is 2.18 bits per heavy atom. The number of nitrogens with one attached hydrogen (secondary N) is 1. The molecule has 0 aliphatic carbocycles. The third kappa shape index (κ3) is 5.88. The summed E-state index contributed by atoms with van der Waals surface area (Å²) in [6.45, 7) is 4.61. The van der Waals surface area contributed by atoms with Gasteiger partial charge in [0.15, 0.2) is 5.96 Å². The maximum atomic E-state index is 8.61. The van der Waals surface area contributed by atoms with Crippen LogP contribution in [0.1, 0.15) is 25.3 Å². The smallest absolute Gasteiger partial charge is 0.193 e. The number of aliphatic hydroxyl groups excluding tert-OH is 1. The van der Waals surface area contributed by atoms with Gasteiger partial charge in [-0.3, -0.25) is 4.99 Å². The van der Waals surface area contributed by atoms with Gasteiger partial charge in [-0.25, -0.2) is 0 Å². The Bertz CT molecular complexity index is 367. The SMILES string of the molecule is CC(C)c1cccc(NC(N)=NCCO)c1.I. The summed E-state index contributed by atoms with van der Waals surface area (Å²) in [5.41, 5.74) is 7.82. The number of nitrogens with two attached hydrogens (primary N) is 1. The van der Waals surface area contributed by atoms with Crippen molar-refractivity contribution < 1.29 is 5.11 Å². The number of aliphatic imine (C=N–C) groups is 1. The normalized spacial score (nSPS) is 11.2. The van der Waals surface area contributed by atoms with Crippen LogP contribution >= 0.6 is 24.0 Å². The van der Waals surface area contributed by atoms with Crippen molar-refractivity contribution in [2.75, 3.05) is 18.5 Å². The van der Waals surface area contributed by atoms with Gasteiger partial charge in [-0.15, -0.1) is 24.0 Å². The predicted octanol–water partition coefficient (Wildman–Crippen LogP) is 2.15. The molecular weight excluding hydrogens is 329 g/mol. The second-order valence-corrected chi connectivity index (χ2v) is 3.90. The minimum absolute atomic E-state index is 0. The fourth-order valence-corrected chi connectivity index (χ4v) is 1.33. The molecule has 0 atom stereocenters. The number of hydrogen-bond donors (Lipinski definition) is 3. The molecule has 96 valence electrons. The number of anilines is 1. The Balaban J connectivity index is 0.00000256. The summed E-state index contributed by atoms with van der Waals surface area (Å²) in [5.74, 6) is 0.812. The summed E-state index contributed by atoms with van der Waals surface area (Å²) in [5, 5.41) is 11.6. The van der Waals surface area contributed by atoms with Crippen LogP contribution in [0.3, 0.4) is 0 Å². The van der Waals surface area contributed by atoms with E-state index in [1.807, 2.05) is 18.2 Å². The van der Waals surface area contributed by atoms with E-state index < -0.39 is 0 Å². The van der Waals surface area contributed by atoms with Gasteiger partial charge in [0.25, 0.3) is 0 Å². The summed E-state index contributed by atoms with van der Waals surface area (Å²) >= 11 is 0. The average molecular weight is 349 g/mol. The van der Waals surface area contributed by atoms with Crippen LogP contribution < -0.4 is 11.1 Å². The standard InChI is InChI=1S/C12H19N3O.HI/c1-9(2)10-4-3-5-11(8-10)15-12(13)14-6-7-16;/h3-5,8-9,16H,6-7H2,1-2H3,(H3,13,14,15);1H. The number of rotatable bonds is 4. The number of aliphatic hydroxyl groups is 1. The van der Waals surface area contributed by atoms with Gasteiger partial charge in [-0.05, 0) is 23.6 Å². The third-order valence-corrected chi connectivity index (χ3v) is 2.21. The summed E-state index contributed by atoms with van der Waals surface area (Å²) < 4.78 is 0. The van der Waals surface area contributed by atoms with Crippen LogP contribution in [0.2, 0.25) is 0 Å². The van der Waals surface area contributed by atoms with Crippen LogP contribution in [-0.4, -0.2) is 24.2 Å². The summed E-state index contributed by atoms with van der Waals surface area (Å²) in [6.07, 6.45) is 0. The molecule has 0 amide bonds. The highest BCUT2D eigenvalue weighted by molar-refractivity contribution is 14.0. The van der Waals surface area contributed by atoms with Crippen molar-refractivity contribution in [3.63, 3.8) is 0 Å². The lowest BCUT2D eigenvalue weighted by Gasteiger charge is -2.09. The molecule has 1 rings (SSSR count). The van der Waals surface area contributed by atoms with E-state index in [2.05, 4.69) is 30.2 Å². The Hall–Kier alpha value is -0.820. The maximum Gasteiger partial charge on any atom is 0.193 e. The number of halogens is 1. The molecule has 0 aliphatic heterocycles. The molecule has 17 heavy (non-hydrogen) atoms. The van der Waals surface area contributed by atoms with E-state index in [1.165, 1.54) is 5.56 Å². The van der Waals surface area contributed by atoms with Crippen LogP contribution in [0.4, 0.5) is 5.69 Å². The molecule has 0 bridgehead atoms. The van der Waals surface area contributed by atoms with Crippen molar-refractivity contribution >= 4 is 35.6 Å². The average Bonchev–Trinajstić information content (AvgIpc) is 2.26. The van der Waals surface area contributed by atoms with Gasteiger partial charge in [0, 0.05) is 5.69 Å². The molecule has 1 aromatic carbocycles.